The molecule has 1 aromatic carbocycles. The molecule has 0 aliphatic rings. The van der Waals surface area contributed by atoms with Crippen LogP contribution in [0.1, 0.15) is 12.5 Å². The summed E-state index contributed by atoms with van der Waals surface area (Å²) in [6.07, 6.45) is 0. The zero-order valence-electron chi connectivity index (χ0n) is 11.0. The fourth-order valence-corrected chi connectivity index (χ4v) is 1.51. The Morgan fingerprint density at radius 2 is 2.26 bits per heavy atom. The van der Waals surface area contributed by atoms with Crippen molar-refractivity contribution in [2.45, 2.75) is 19.6 Å². The van der Waals surface area contributed by atoms with Crippen molar-refractivity contribution < 1.29 is 23.8 Å². The van der Waals surface area contributed by atoms with E-state index in [-0.39, 0.29) is 30.9 Å². The SMILES string of the molecule is COCC(C)NC(=O)COc1ccc(CO)cc1F. The summed E-state index contributed by atoms with van der Waals surface area (Å²) in [5, 5.41) is 11.5. The Kier molecular flexibility index (Phi) is 6.24. The van der Waals surface area contributed by atoms with Crippen molar-refractivity contribution in [2.24, 2.45) is 0 Å². The van der Waals surface area contributed by atoms with Gasteiger partial charge >= 0.3 is 0 Å². The van der Waals surface area contributed by atoms with E-state index >= 15 is 0 Å². The lowest BCUT2D eigenvalue weighted by atomic mass is 10.2. The summed E-state index contributed by atoms with van der Waals surface area (Å²) in [6.45, 7) is 1.67. The van der Waals surface area contributed by atoms with Crippen LogP contribution in [0.5, 0.6) is 5.75 Å². The number of hydrogen-bond donors (Lipinski definition) is 2. The number of carbonyl (C=O) groups excluding carboxylic acids is 1. The molecule has 6 heteroatoms. The van der Waals surface area contributed by atoms with Crippen molar-refractivity contribution >= 4 is 5.91 Å². The van der Waals surface area contributed by atoms with Crippen LogP contribution >= 0.6 is 0 Å². The van der Waals surface area contributed by atoms with Crippen LogP contribution in [0.15, 0.2) is 18.2 Å². The average Bonchev–Trinajstić information content (AvgIpc) is 2.37. The molecular formula is C13H18FNO4. The number of aliphatic hydroxyl groups is 1. The lowest BCUT2D eigenvalue weighted by Crippen LogP contribution is -2.38. The second-order valence-electron chi connectivity index (χ2n) is 4.14. The summed E-state index contributed by atoms with van der Waals surface area (Å²) in [4.78, 5) is 11.5. The summed E-state index contributed by atoms with van der Waals surface area (Å²) < 4.78 is 23.4. The van der Waals surface area contributed by atoms with Gasteiger partial charge in [0.05, 0.1) is 13.2 Å². The molecule has 106 valence electrons. The molecule has 0 aliphatic heterocycles. The van der Waals surface area contributed by atoms with Crippen LogP contribution in [-0.2, 0) is 16.1 Å². The number of hydrogen-bond acceptors (Lipinski definition) is 4. The van der Waals surface area contributed by atoms with Gasteiger partial charge in [-0.2, -0.15) is 0 Å². The minimum absolute atomic E-state index is 0.0215. The number of carbonyl (C=O) groups is 1. The van der Waals surface area contributed by atoms with Crippen LogP contribution in [0.2, 0.25) is 0 Å². The first kappa shape index (κ1) is 15.4. The predicted octanol–water partition coefficient (Wildman–Crippen LogP) is 0.848. The molecule has 0 radical (unpaired) electrons. The van der Waals surface area contributed by atoms with Gasteiger partial charge in [-0.25, -0.2) is 4.39 Å². The molecule has 5 nitrogen and oxygen atoms in total. The van der Waals surface area contributed by atoms with E-state index in [9.17, 15) is 9.18 Å². The third kappa shape index (κ3) is 5.23. The van der Waals surface area contributed by atoms with Crippen LogP contribution in [0.4, 0.5) is 4.39 Å². The molecule has 1 rings (SSSR count). The van der Waals surface area contributed by atoms with Crippen molar-refractivity contribution in [3.8, 4) is 5.75 Å². The van der Waals surface area contributed by atoms with Crippen LogP contribution in [-0.4, -0.2) is 37.4 Å². The van der Waals surface area contributed by atoms with Gasteiger partial charge in [-0.05, 0) is 24.6 Å². The van der Waals surface area contributed by atoms with Crippen molar-refractivity contribution in [1.29, 1.82) is 0 Å². The highest BCUT2D eigenvalue weighted by Gasteiger charge is 2.10. The minimum Gasteiger partial charge on any atom is -0.481 e. The molecular weight excluding hydrogens is 253 g/mol. The number of benzene rings is 1. The molecule has 1 unspecified atom stereocenters. The maximum absolute atomic E-state index is 13.5. The smallest absolute Gasteiger partial charge is 0.258 e. The fourth-order valence-electron chi connectivity index (χ4n) is 1.51. The Morgan fingerprint density at radius 3 is 2.84 bits per heavy atom. The Bertz CT molecular complexity index is 425. The molecule has 0 aliphatic carbocycles. The molecule has 0 fully saturated rings. The highest BCUT2D eigenvalue weighted by Crippen LogP contribution is 2.18. The fraction of sp³-hybridized carbons (Fsp3) is 0.462. The molecule has 0 aromatic heterocycles. The molecule has 0 bridgehead atoms. The molecule has 0 spiro atoms. The van der Waals surface area contributed by atoms with Crippen LogP contribution in [0.25, 0.3) is 0 Å². The van der Waals surface area contributed by atoms with Crippen LogP contribution in [0, 0.1) is 5.82 Å². The third-order valence-electron chi connectivity index (χ3n) is 2.36. The quantitative estimate of drug-likeness (QED) is 0.771. The second kappa shape index (κ2) is 7.70. The summed E-state index contributed by atoms with van der Waals surface area (Å²) in [6, 6.07) is 3.94. The van der Waals surface area contributed by atoms with Crippen molar-refractivity contribution in [3.63, 3.8) is 0 Å². The van der Waals surface area contributed by atoms with Gasteiger partial charge in [0.2, 0.25) is 0 Å². The molecule has 1 aromatic rings. The first-order chi connectivity index (χ1) is 9.06. The highest BCUT2D eigenvalue weighted by atomic mass is 19.1. The maximum atomic E-state index is 13.5. The number of ether oxygens (including phenoxy) is 2. The highest BCUT2D eigenvalue weighted by molar-refractivity contribution is 5.77. The second-order valence-corrected chi connectivity index (χ2v) is 4.14. The minimum atomic E-state index is -0.607. The number of rotatable bonds is 7. The van der Waals surface area contributed by atoms with Gasteiger partial charge in [-0.1, -0.05) is 6.07 Å². The number of methoxy groups -OCH3 is 1. The molecule has 19 heavy (non-hydrogen) atoms. The van der Waals surface area contributed by atoms with Crippen molar-refractivity contribution in [3.05, 3.63) is 29.6 Å². The summed E-state index contributed by atoms with van der Waals surface area (Å²) >= 11 is 0. The van der Waals surface area contributed by atoms with E-state index in [1.165, 1.54) is 25.3 Å². The Hall–Kier alpha value is -1.66. The van der Waals surface area contributed by atoms with Gasteiger partial charge in [-0.15, -0.1) is 0 Å². The molecule has 0 saturated heterocycles. The molecule has 0 heterocycles. The zero-order chi connectivity index (χ0) is 14.3. The molecule has 1 amide bonds. The predicted molar refractivity (Wildman–Crippen MR) is 67.3 cm³/mol. The first-order valence-corrected chi connectivity index (χ1v) is 5.87. The van der Waals surface area contributed by atoms with Crippen molar-refractivity contribution in [2.75, 3.05) is 20.3 Å². The zero-order valence-corrected chi connectivity index (χ0v) is 11.0. The Balaban J connectivity index is 2.46. The third-order valence-corrected chi connectivity index (χ3v) is 2.36. The summed E-state index contributed by atoms with van der Waals surface area (Å²) in [7, 11) is 1.54. The molecule has 1 atom stereocenters. The number of amides is 1. The average molecular weight is 271 g/mol. The lowest BCUT2D eigenvalue weighted by molar-refractivity contribution is -0.124. The van der Waals surface area contributed by atoms with Gasteiger partial charge in [0, 0.05) is 13.2 Å². The van der Waals surface area contributed by atoms with Gasteiger partial charge in [0.1, 0.15) is 0 Å². The Morgan fingerprint density at radius 1 is 1.53 bits per heavy atom. The van der Waals surface area contributed by atoms with E-state index in [0.29, 0.717) is 12.2 Å². The van der Waals surface area contributed by atoms with Gasteiger partial charge in [0.15, 0.2) is 18.2 Å². The van der Waals surface area contributed by atoms with E-state index in [0.717, 1.165) is 0 Å². The van der Waals surface area contributed by atoms with Crippen LogP contribution in [0.3, 0.4) is 0 Å². The number of nitrogens with one attached hydrogen (secondary N) is 1. The normalized spacial score (nSPS) is 12.0. The van der Waals surface area contributed by atoms with E-state index < -0.39 is 5.82 Å². The molecule has 0 saturated carbocycles. The van der Waals surface area contributed by atoms with Crippen molar-refractivity contribution in [1.82, 2.24) is 5.32 Å². The van der Waals surface area contributed by atoms with E-state index in [4.69, 9.17) is 14.6 Å². The first-order valence-electron chi connectivity index (χ1n) is 5.87. The monoisotopic (exact) mass is 271 g/mol. The summed E-state index contributed by atoms with van der Waals surface area (Å²) in [5.74, 6) is -0.980. The Labute approximate surface area is 111 Å². The van der Waals surface area contributed by atoms with E-state index in [2.05, 4.69) is 5.32 Å². The summed E-state index contributed by atoms with van der Waals surface area (Å²) in [5.41, 5.74) is 0.447. The van der Waals surface area contributed by atoms with Gasteiger partial charge in [-0.3, -0.25) is 4.79 Å². The largest absolute Gasteiger partial charge is 0.481 e. The standard InChI is InChI=1S/C13H18FNO4/c1-9(7-18-2)15-13(17)8-19-12-4-3-10(6-16)5-11(12)14/h3-5,9,16H,6-8H2,1-2H3,(H,15,17). The lowest BCUT2D eigenvalue weighted by Gasteiger charge is -2.13. The van der Waals surface area contributed by atoms with Gasteiger partial charge in [0.25, 0.3) is 5.91 Å². The number of aliphatic hydroxyl groups excluding tert-OH is 1. The molecule has 2 N–H and O–H groups in total. The van der Waals surface area contributed by atoms with Gasteiger partial charge < -0.3 is 19.9 Å². The number of halogens is 1. The maximum Gasteiger partial charge on any atom is 0.258 e. The van der Waals surface area contributed by atoms with E-state index in [1.807, 2.05) is 0 Å². The topological polar surface area (TPSA) is 67.8 Å². The van der Waals surface area contributed by atoms with E-state index in [1.54, 1.807) is 6.92 Å². The van der Waals surface area contributed by atoms with Crippen LogP contribution < -0.4 is 10.1 Å².